The molecule has 3 heterocycles. The number of sulfone groups is 1. The summed E-state index contributed by atoms with van der Waals surface area (Å²) in [7, 11) is -2.14. The zero-order chi connectivity index (χ0) is 25.3. The predicted molar refractivity (Wildman–Crippen MR) is 123 cm³/mol. The van der Waals surface area contributed by atoms with E-state index in [1.165, 1.54) is 39.9 Å². The van der Waals surface area contributed by atoms with Crippen LogP contribution in [0.3, 0.4) is 0 Å². The lowest BCUT2D eigenvalue weighted by molar-refractivity contribution is -0.0494. The minimum atomic E-state index is -3.71. The average molecular weight is 505 g/mol. The van der Waals surface area contributed by atoms with E-state index in [2.05, 4.69) is 25.2 Å². The first kappa shape index (κ1) is 24.3. The number of aromatic nitrogens is 5. The second-order valence-corrected chi connectivity index (χ2v) is 10.2. The molecule has 0 atom stereocenters. The molecule has 0 fully saturated rings. The Hall–Kier alpha value is -3.87. The maximum absolute atomic E-state index is 13.1. The van der Waals surface area contributed by atoms with Crippen molar-refractivity contribution in [2.24, 2.45) is 13.0 Å². The molecule has 10 nitrogen and oxygen atoms in total. The van der Waals surface area contributed by atoms with Crippen LogP contribution >= 0.6 is 0 Å². The first-order chi connectivity index (χ1) is 16.5. The fourth-order valence-electron chi connectivity index (χ4n) is 3.58. The number of hydrogen-bond acceptors (Lipinski definition) is 7. The SMILES string of the molecule is CC(C)CS(=O)(=O)c1ccc(OC(F)F)c(-c2nn(C)cc2NC(=O)c2cnn3cccnc23)c1. The largest absolute Gasteiger partial charge is 0.434 e. The van der Waals surface area contributed by atoms with Gasteiger partial charge in [-0.1, -0.05) is 13.8 Å². The Labute approximate surface area is 199 Å². The van der Waals surface area contributed by atoms with Gasteiger partial charge in [-0.15, -0.1) is 0 Å². The van der Waals surface area contributed by atoms with Crippen molar-refractivity contribution >= 4 is 27.1 Å². The summed E-state index contributed by atoms with van der Waals surface area (Å²) in [4.78, 5) is 17.1. The zero-order valence-corrected chi connectivity index (χ0v) is 19.8. The van der Waals surface area contributed by atoms with Gasteiger partial charge in [0.25, 0.3) is 5.91 Å². The van der Waals surface area contributed by atoms with Crippen molar-refractivity contribution in [1.29, 1.82) is 0 Å². The van der Waals surface area contributed by atoms with Gasteiger partial charge in [0.1, 0.15) is 17.0 Å². The number of nitrogens with zero attached hydrogens (tertiary/aromatic N) is 5. The Bertz CT molecular complexity index is 1500. The Balaban J connectivity index is 1.78. The van der Waals surface area contributed by atoms with Crippen LogP contribution < -0.4 is 10.1 Å². The number of carbonyl (C=O) groups excluding carboxylic acids is 1. The van der Waals surface area contributed by atoms with Gasteiger partial charge < -0.3 is 10.1 Å². The van der Waals surface area contributed by atoms with E-state index in [9.17, 15) is 22.0 Å². The third-order valence-electron chi connectivity index (χ3n) is 4.93. The summed E-state index contributed by atoms with van der Waals surface area (Å²) < 4.78 is 59.3. The number of carbonyl (C=O) groups is 1. The number of halogens is 2. The van der Waals surface area contributed by atoms with Crippen molar-refractivity contribution in [2.45, 2.75) is 25.4 Å². The smallest absolute Gasteiger partial charge is 0.387 e. The van der Waals surface area contributed by atoms with Crippen molar-refractivity contribution in [3.8, 4) is 17.0 Å². The number of alkyl halides is 2. The number of fused-ring (bicyclic) bond motifs is 1. The van der Waals surface area contributed by atoms with Gasteiger partial charge in [-0.3, -0.25) is 9.48 Å². The third kappa shape index (κ3) is 5.14. The lowest BCUT2D eigenvalue weighted by Crippen LogP contribution is -2.13. The van der Waals surface area contributed by atoms with E-state index in [0.29, 0.717) is 5.65 Å². The van der Waals surface area contributed by atoms with Crippen LogP contribution in [0.4, 0.5) is 14.5 Å². The highest BCUT2D eigenvalue weighted by molar-refractivity contribution is 7.91. The molecule has 35 heavy (non-hydrogen) atoms. The molecule has 1 amide bonds. The van der Waals surface area contributed by atoms with Gasteiger partial charge >= 0.3 is 6.61 Å². The van der Waals surface area contributed by atoms with Crippen LogP contribution in [-0.4, -0.2) is 51.1 Å². The summed E-state index contributed by atoms with van der Waals surface area (Å²) in [5.41, 5.74) is 0.702. The maximum atomic E-state index is 13.1. The standard InChI is InChI=1S/C22H22F2N6O4S/c1-13(2)12-35(32,33)14-5-6-18(34-22(23)24)15(9-14)19-17(11-29(3)28-19)27-21(31)16-10-26-30-8-4-7-25-20(16)30/h4-11,13,22H,12H2,1-3H3,(H,27,31). The molecule has 184 valence electrons. The average Bonchev–Trinajstić information content (AvgIpc) is 3.36. The second-order valence-electron chi connectivity index (χ2n) is 8.18. The second kappa shape index (κ2) is 9.41. The molecule has 0 aliphatic heterocycles. The number of aryl methyl sites for hydroxylation is 1. The predicted octanol–water partition coefficient (Wildman–Crippen LogP) is 3.41. The van der Waals surface area contributed by atoms with Crippen LogP contribution in [0.15, 0.2) is 53.9 Å². The lowest BCUT2D eigenvalue weighted by atomic mass is 10.1. The molecule has 13 heteroatoms. The first-order valence-corrected chi connectivity index (χ1v) is 12.2. The van der Waals surface area contributed by atoms with Crippen molar-refractivity contribution < 1.29 is 26.7 Å². The van der Waals surface area contributed by atoms with Gasteiger partial charge in [0.15, 0.2) is 15.5 Å². The molecule has 0 saturated carbocycles. The van der Waals surface area contributed by atoms with Crippen LogP contribution in [-0.2, 0) is 16.9 Å². The normalized spacial score (nSPS) is 12.0. The van der Waals surface area contributed by atoms with Gasteiger partial charge in [0, 0.05) is 31.2 Å². The highest BCUT2D eigenvalue weighted by Gasteiger charge is 2.24. The quantitative estimate of drug-likeness (QED) is 0.390. The van der Waals surface area contributed by atoms with Gasteiger partial charge in [-0.05, 0) is 30.2 Å². The van der Waals surface area contributed by atoms with Crippen molar-refractivity contribution in [1.82, 2.24) is 24.4 Å². The van der Waals surface area contributed by atoms with Crippen LogP contribution in [0, 0.1) is 5.92 Å². The van der Waals surface area contributed by atoms with E-state index < -0.39 is 22.4 Å². The summed E-state index contributed by atoms with van der Waals surface area (Å²) >= 11 is 0. The van der Waals surface area contributed by atoms with Crippen molar-refractivity contribution in [2.75, 3.05) is 11.1 Å². The molecule has 0 saturated heterocycles. The molecule has 0 spiro atoms. The topological polar surface area (TPSA) is 120 Å². The molecule has 4 aromatic rings. The fraction of sp³-hybridized carbons (Fsp3) is 0.273. The minimum absolute atomic E-state index is 0.0102. The van der Waals surface area contributed by atoms with E-state index >= 15 is 0 Å². The summed E-state index contributed by atoms with van der Waals surface area (Å²) in [5, 5.41) is 11.0. The Morgan fingerprint density at radius 1 is 1.26 bits per heavy atom. The fourth-order valence-corrected chi connectivity index (χ4v) is 5.22. The van der Waals surface area contributed by atoms with Gasteiger partial charge in [-0.2, -0.15) is 19.0 Å². The molecule has 0 radical (unpaired) electrons. The molecule has 4 rings (SSSR count). The van der Waals surface area contributed by atoms with Gasteiger partial charge in [0.05, 0.1) is 22.5 Å². The van der Waals surface area contributed by atoms with E-state index in [4.69, 9.17) is 0 Å². The van der Waals surface area contributed by atoms with E-state index in [-0.39, 0.29) is 44.8 Å². The summed E-state index contributed by atoms with van der Waals surface area (Å²) in [6, 6.07) is 5.25. The number of benzene rings is 1. The zero-order valence-electron chi connectivity index (χ0n) is 19.0. The number of anilines is 1. The van der Waals surface area contributed by atoms with E-state index in [0.717, 1.165) is 6.07 Å². The highest BCUT2D eigenvalue weighted by Crippen LogP contribution is 2.37. The molecular weight excluding hydrogens is 482 g/mol. The Kier molecular flexibility index (Phi) is 6.52. The minimum Gasteiger partial charge on any atom is -0.434 e. The van der Waals surface area contributed by atoms with Gasteiger partial charge in [-0.25, -0.2) is 17.9 Å². The molecule has 3 aromatic heterocycles. The molecular formula is C22H22F2N6O4S. The molecule has 1 aromatic carbocycles. The van der Waals surface area contributed by atoms with Gasteiger partial charge in [0.2, 0.25) is 0 Å². The highest BCUT2D eigenvalue weighted by atomic mass is 32.2. The van der Waals surface area contributed by atoms with Crippen LogP contribution in [0.5, 0.6) is 5.75 Å². The number of ether oxygens (including phenoxy) is 1. The molecule has 0 aliphatic carbocycles. The van der Waals surface area contributed by atoms with Crippen molar-refractivity contribution in [3.05, 3.63) is 54.6 Å². The Morgan fingerprint density at radius 3 is 2.74 bits per heavy atom. The van der Waals surface area contributed by atoms with Crippen molar-refractivity contribution in [3.63, 3.8) is 0 Å². The summed E-state index contributed by atoms with van der Waals surface area (Å²) in [6.45, 7) is 0.363. The number of nitrogens with one attached hydrogen (secondary N) is 1. The Morgan fingerprint density at radius 2 is 2.03 bits per heavy atom. The number of amides is 1. The van der Waals surface area contributed by atoms with E-state index in [1.54, 1.807) is 33.2 Å². The van der Waals surface area contributed by atoms with E-state index in [1.807, 2.05) is 0 Å². The molecule has 1 N–H and O–H groups in total. The van der Waals surface area contributed by atoms with Crippen LogP contribution in [0.2, 0.25) is 0 Å². The molecule has 0 bridgehead atoms. The maximum Gasteiger partial charge on any atom is 0.387 e. The molecule has 0 unspecified atom stereocenters. The van der Waals surface area contributed by atoms with Crippen LogP contribution in [0.1, 0.15) is 24.2 Å². The summed E-state index contributed by atoms with van der Waals surface area (Å²) in [6.07, 6.45) is 5.96. The number of hydrogen-bond donors (Lipinski definition) is 1. The third-order valence-corrected chi connectivity index (χ3v) is 7.01. The summed E-state index contributed by atoms with van der Waals surface area (Å²) in [5.74, 6) is -1.12. The number of rotatable bonds is 8. The monoisotopic (exact) mass is 504 g/mol. The van der Waals surface area contributed by atoms with Crippen LogP contribution in [0.25, 0.3) is 16.9 Å². The lowest BCUT2D eigenvalue weighted by Gasteiger charge is -2.14. The first-order valence-electron chi connectivity index (χ1n) is 10.5. The molecule has 0 aliphatic rings.